The van der Waals surface area contributed by atoms with Crippen LogP contribution in [-0.2, 0) is 6.54 Å². The van der Waals surface area contributed by atoms with Crippen LogP contribution >= 0.6 is 11.3 Å². The largest absolute Gasteiger partial charge is 0.372 e. The van der Waals surface area contributed by atoms with Gasteiger partial charge in [-0.05, 0) is 44.0 Å². The van der Waals surface area contributed by atoms with Crippen molar-refractivity contribution >= 4 is 49.9 Å². The van der Waals surface area contributed by atoms with E-state index in [2.05, 4.69) is 31.7 Å². The van der Waals surface area contributed by atoms with Gasteiger partial charge in [-0.2, -0.15) is 5.10 Å². The predicted molar refractivity (Wildman–Crippen MR) is 135 cm³/mol. The summed E-state index contributed by atoms with van der Waals surface area (Å²) in [5, 5.41) is 14.0. The molecule has 4 aromatic heterocycles. The number of anilines is 2. The van der Waals surface area contributed by atoms with E-state index >= 15 is 0 Å². The third kappa shape index (κ3) is 3.58. The summed E-state index contributed by atoms with van der Waals surface area (Å²) in [4.78, 5) is 26.6. The number of hydrogen-bond donors (Lipinski definition) is 2. The zero-order valence-electron chi connectivity index (χ0n) is 18.9. The first-order chi connectivity index (χ1) is 16.6. The fourth-order valence-corrected chi connectivity index (χ4v) is 5.34. The van der Waals surface area contributed by atoms with Gasteiger partial charge in [0.15, 0.2) is 0 Å². The summed E-state index contributed by atoms with van der Waals surface area (Å²) >= 11 is 1.46. The highest BCUT2D eigenvalue weighted by atomic mass is 32.1. The number of thiophene rings is 1. The lowest BCUT2D eigenvalue weighted by Gasteiger charge is -2.08. The molecule has 0 atom stereocenters. The molecule has 9 heteroatoms. The summed E-state index contributed by atoms with van der Waals surface area (Å²) in [7, 11) is 1.81. The van der Waals surface area contributed by atoms with Crippen LogP contribution in [0.2, 0.25) is 0 Å². The molecule has 34 heavy (non-hydrogen) atoms. The molecule has 0 unspecified atom stereocenters. The van der Waals surface area contributed by atoms with Crippen LogP contribution < -0.4 is 10.6 Å². The number of nitrogens with zero attached hydrogens (tertiary/aromatic N) is 5. The van der Waals surface area contributed by atoms with Crippen molar-refractivity contribution in [1.82, 2.24) is 24.7 Å². The third-order valence-corrected chi connectivity index (χ3v) is 7.09. The number of carbonyl (C=O) groups excluding carboxylic acids is 1. The first-order valence-corrected chi connectivity index (χ1v) is 12.1. The third-order valence-electron chi connectivity index (χ3n) is 6.11. The van der Waals surface area contributed by atoms with Gasteiger partial charge in [-0.1, -0.05) is 12.1 Å². The second-order valence-corrected chi connectivity index (χ2v) is 9.42. The standard InChI is InChI=1S/C25H23N7OS/c1-14-5-3-6-16(29-14)11-32-19-8-4-7-18(20(19)21(31-32)15-9-10-15)30-25(33)17-12-34-23-22(17)27-13-28-24(23)26-2/h3-8,12-13,15H,9-11H2,1-2H3,(H,30,33)(H,26,27,28). The van der Waals surface area contributed by atoms with Crippen LogP contribution in [0.4, 0.5) is 11.5 Å². The molecule has 1 amide bonds. The van der Waals surface area contributed by atoms with E-state index in [-0.39, 0.29) is 5.91 Å². The number of nitrogens with one attached hydrogen (secondary N) is 2. The van der Waals surface area contributed by atoms with Crippen LogP contribution in [-0.4, -0.2) is 37.7 Å². The Bertz CT molecular complexity index is 1550. The van der Waals surface area contributed by atoms with Crippen molar-refractivity contribution < 1.29 is 4.79 Å². The van der Waals surface area contributed by atoms with Crippen molar-refractivity contribution in [2.24, 2.45) is 0 Å². The molecule has 6 rings (SSSR count). The van der Waals surface area contributed by atoms with Crippen LogP contribution in [0.5, 0.6) is 0 Å². The van der Waals surface area contributed by atoms with Gasteiger partial charge in [-0.25, -0.2) is 9.97 Å². The minimum atomic E-state index is -0.186. The summed E-state index contributed by atoms with van der Waals surface area (Å²) < 4.78 is 2.87. The maximum Gasteiger partial charge on any atom is 0.258 e. The molecule has 1 aliphatic carbocycles. The lowest BCUT2D eigenvalue weighted by molar-refractivity contribution is 0.102. The van der Waals surface area contributed by atoms with Crippen molar-refractivity contribution in [3.05, 3.63) is 70.8 Å². The summed E-state index contributed by atoms with van der Waals surface area (Å²) in [5.41, 5.74) is 5.96. The number of carbonyl (C=O) groups is 1. The van der Waals surface area contributed by atoms with E-state index < -0.39 is 0 Å². The minimum Gasteiger partial charge on any atom is -0.372 e. The molecule has 0 saturated heterocycles. The zero-order valence-corrected chi connectivity index (χ0v) is 19.7. The van der Waals surface area contributed by atoms with E-state index in [0.29, 0.717) is 23.5 Å². The van der Waals surface area contributed by atoms with E-state index in [9.17, 15) is 4.79 Å². The highest BCUT2D eigenvalue weighted by molar-refractivity contribution is 7.18. The first-order valence-electron chi connectivity index (χ1n) is 11.3. The van der Waals surface area contributed by atoms with Crippen LogP contribution in [0, 0.1) is 6.92 Å². The molecular formula is C25H23N7OS. The van der Waals surface area contributed by atoms with Gasteiger partial charge >= 0.3 is 0 Å². The average Bonchev–Trinajstić information content (AvgIpc) is 3.48. The summed E-state index contributed by atoms with van der Waals surface area (Å²) in [6.07, 6.45) is 3.72. The van der Waals surface area contributed by atoms with Crippen LogP contribution in [0.1, 0.15) is 46.2 Å². The van der Waals surface area contributed by atoms with Crippen molar-refractivity contribution in [3.8, 4) is 0 Å². The molecule has 170 valence electrons. The average molecular weight is 470 g/mol. The Morgan fingerprint density at radius 2 is 2.03 bits per heavy atom. The number of benzene rings is 1. The summed E-state index contributed by atoms with van der Waals surface area (Å²) in [5.74, 6) is 0.965. The number of rotatable bonds is 6. The van der Waals surface area contributed by atoms with E-state index in [1.54, 1.807) is 0 Å². The number of aromatic nitrogens is 5. The normalized spacial score (nSPS) is 13.5. The maximum absolute atomic E-state index is 13.3. The second-order valence-electron chi connectivity index (χ2n) is 8.54. The summed E-state index contributed by atoms with van der Waals surface area (Å²) in [6.45, 7) is 2.58. The van der Waals surface area contributed by atoms with Gasteiger partial charge in [0.25, 0.3) is 5.91 Å². The van der Waals surface area contributed by atoms with E-state index in [0.717, 1.165) is 57.0 Å². The smallest absolute Gasteiger partial charge is 0.258 e. The van der Waals surface area contributed by atoms with Crippen molar-refractivity contribution in [2.75, 3.05) is 17.7 Å². The molecule has 1 aliphatic rings. The number of aryl methyl sites for hydroxylation is 1. The Kier molecular flexibility index (Phi) is 4.99. The number of hydrogen-bond acceptors (Lipinski definition) is 7. The predicted octanol–water partition coefficient (Wildman–Crippen LogP) is 4.96. The highest BCUT2D eigenvalue weighted by Crippen LogP contribution is 2.44. The number of amides is 1. The van der Waals surface area contributed by atoms with Gasteiger partial charge in [-0.3, -0.25) is 14.5 Å². The van der Waals surface area contributed by atoms with E-state index in [1.165, 1.54) is 17.7 Å². The van der Waals surface area contributed by atoms with Crippen molar-refractivity contribution in [3.63, 3.8) is 0 Å². The Balaban J connectivity index is 1.40. The molecule has 0 radical (unpaired) electrons. The van der Waals surface area contributed by atoms with Crippen LogP contribution in [0.3, 0.4) is 0 Å². The van der Waals surface area contributed by atoms with Gasteiger partial charge < -0.3 is 10.6 Å². The van der Waals surface area contributed by atoms with Crippen molar-refractivity contribution in [2.45, 2.75) is 32.2 Å². The van der Waals surface area contributed by atoms with Crippen LogP contribution in [0.25, 0.3) is 21.1 Å². The van der Waals surface area contributed by atoms with Crippen LogP contribution in [0.15, 0.2) is 48.1 Å². The monoisotopic (exact) mass is 469 g/mol. The van der Waals surface area contributed by atoms with Gasteiger partial charge in [0.05, 0.1) is 44.9 Å². The quantitative estimate of drug-likeness (QED) is 0.365. The molecule has 2 N–H and O–H groups in total. The first kappa shape index (κ1) is 20.7. The Morgan fingerprint density at radius 3 is 2.82 bits per heavy atom. The molecule has 1 saturated carbocycles. The van der Waals surface area contributed by atoms with Gasteiger partial charge in [0.2, 0.25) is 0 Å². The second kappa shape index (κ2) is 8.18. The Labute approximate surface area is 200 Å². The Morgan fingerprint density at radius 1 is 1.18 bits per heavy atom. The fraction of sp³-hybridized carbons (Fsp3) is 0.240. The molecule has 5 aromatic rings. The SMILES string of the molecule is CNc1ncnc2c(C(=O)Nc3cccc4c3c(C3CC3)nn4Cc3cccc(C)n3)csc12. The van der Waals surface area contributed by atoms with E-state index in [4.69, 9.17) is 5.10 Å². The topological polar surface area (TPSA) is 97.6 Å². The van der Waals surface area contributed by atoms with Gasteiger partial charge in [0, 0.05) is 29.4 Å². The Hall–Kier alpha value is -3.85. The van der Waals surface area contributed by atoms with Gasteiger partial charge in [-0.15, -0.1) is 11.3 Å². The molecule has 4 heterocycles. The molecular weight excluding hydrogens is 446 g/mol. The molecule has 0 bridgehead atoms. The molecule has 0 aliphatic heterocycles. The fourth-order valence-electron chi connectivity index (χ4n) is 4.35. The molecule has 1 fully saturated rings. The lowest BCUT2D eigenvalue weighted by atomic mass is 10.1. The maximum atomic E-state index is 13.3. The van der Waals surface area contributed by atoms with E-state index in [1.807, 2.05) is 54.4 Å². The number of fused-ring (bicyclic) bond motifs is 2. The van der Waals surface area contributed by atoms with Gasteiger partial charge in [0.1, 0.15) is 12.1 Å². The molecule has 0 spiro atoms. The minimum absolute atomic E-state index is 0.186. The molecule has 1 aromatic carbocycles. The summed E-state index contributed by atoms with van der Waals surface area (Å²) in [6, 6.07) is 12.0. The lowest BCUT2D eigenvalue weighted by Crippen LogP contribution is -2.12. The van der Waals surface area contributed by atoms with Crippen molar-refractivity contribution in [1.29, 1.82) is 0 Å². The zero-order chi connectivity index (χ0) is 23.2. The molecule has 8 nitrogen and oxygen atoms in total. The number of pyridine rings is 1. The highest BCUT2D eigenvalue weighted by Gasteiger charge is 2.31.